The second-order valence-corrected chi connectivity index (χ2v) is 9.94. The average Bonchev–Trinajstić information content (AvgIpc) is 3.28. The topological polar surface area (TPSA) is 62.3 Å². The largest absolute Gasteiger partial charge is 0.381 e. The number of hydrogen-bond donors (Lipinski definition) is 2. The van der Waals surface area contributed by atoms with E-state index in [0.717, 1.165) is 36.8 Å². The molecule has 34 heavy (non-hydrogen) atoms. The third-order valence-electron chi connectivity index (χ3n) is 6.57. The second kappa shape index (κ2) is 10.0. The summed E-state index contributed by atoms with van der Waals surface area (Å²) in [4.78, 5) is 11.2. The fourth-order valence-corrected chi connectivity index (χ4v) is 5.11. The molecule has 2 N–H and O–H groups in total. The molecular formula is C25H25Cl2N5OS. The van der Waals surface area contributed by atoms with Crippen molar-refractivity contribution >= 4 is 52.3 Å². The summed E-state index contributed by atoms with van der Waals surface area (Å²) in [6, 6.07) is 18.2. The lowest BCUT2D eigenvalue weighted by molar-refractivity contribution is 0.0515. The van der Waals surface area contributed by atoms with Crippen molar-refractivity contribution in [3.05, 3.63) is 81.5 Å². The maximum absolute atomic E-state index is 6.33. The van der Waals surface area contributed by atoms with Crippen molar-refractivity contribution in [3.63, 3.8) is 0 Å². The predicted octanol–water partition coefficient (Wildman–Crippen LogP) is 5.34. The van der Waals surface area contributed by atoms with E-state index >= 15 is 0 Å². The third kappa shape index (κ3) is 5.13. The number of benzene rings is 2. The first-order valence-electron chi connectivity index (χ1n) is 11.3. The molecule has 6 nitrogen and oxygen atoms in total. The molecular weight excluding hydrogens is 489 g/mol. The predicted molar refractivity (Wildman–Crippen MR) is 141 cm³/mol. The molecule has 1 fully saturated rings. The monoisotopic (exact) mass is 513 g/mol. The molecule has 2 aliphatic heterocycles. The van der Waals surface area contributed by atoms with Crippen LogP contribution in [0.15, 0.2) is 54.6 Å². The first kappa shape index (κ1) is 23.3. The van der Waals surface area contributed by atoms with Crippen molar-refractivity contribution in [2.45, 2.75) is 31.3 Å². The van der Waals surface area contributed by atoms with Crippen LogP contribution in [0.1, 0.15) is 29.5 Å². The fraction of sp³-hybridized carbons (Fsp3) is 0.320. The van der Waals surface area contributed by atoms with E-state index in [0.29, 0.717) is 36.0 Å². The highest BCUT2D eigenvalue weighted by Gasteiger charge is 2.34. The van der Waals surface area contributed by atoms with Crippen LogP contribution in [0.4, 0.5) is 11.8 Å². The van der Waals surface area contributed by atoms with Gasteiger partial charge in [0.15, 0.2) is 5.11 Å². The van der Waals surface area contributed by atoms with Gasteiger partial charge in [0.2, 0.25) is 5.95 Å². The van der Waals surface area contributed by atoms with Crippen LogP contribution in [0, 0.1) is 0 Å². The minimum Gasteiger partial charge on any atom is -0.381 e. The Hall–Kier alpha value is -2.45. The summed E-state index contributed by atoms with van der Waals surface area (Å²) in [6.45, 7) is 3.67. The lowest BCUT2D eigenvalue weighted by atomic mass is 9.74. The highest BCUT2D eigenvalue weighted by atomic mass is 35.5. The minimum atomic E-state index is -0.0870. The van der Waals surface area contributed by atoms with Crippen LogP contribution in [0.2, 0.25) is 10.2 Å². The zero-order valence-corrected chi connectivity index (χ0v) is 20.9. The molecule has 1 saturated heterocycles. The smallest absolute Gasteiger partial charge is 0.232 e. The van der Waals surface area contributed by atoms with Gasteiger partial charge in [0.1, 0.15) is 11.0 Å². The number of hydrogen-bond acceptors (Lipinski definition) is 5. The Morgan fingerprint density at radius 1 is 1.00 bits per heavy atom. The number of nitrogens with zero attached hydrogens (tertiary/aromatic N) is 3. The molecule has 0 amide bonds. The van der Waals surface area contributed by atoms with Crippen LogP contribution in [-0.4, -0.2) is 34.8 Å². The van der Waals surface area contributed by atoms with Crippen molar-refractivity contribution < 1.29 is 4.74 Å². The van der Waals surface area contributed by atoms with Gasteiger partial charge in [-0.1, -0.05) is 59.6 Å². The molecule has 2 aromatic carbocycles. The van der Waals surface area contributed by atoms with E-state index in [2.05, 4.69) is 61.9 Å². The van der Waals surface area contributed by atoms with Gasteiger partial charge in [-0.3, -0.25) is 0 Å². The molecule has 0 atom stereocenters. The van der Waals surface area contributed by atoms with E-state index in [1.165, 1.54) is 16.7 Å². The van der Waals surface area contributed by atoms with E-state index in [9.17, 15) is 0 Å². The van der Waals surface area contributed by atoms with E-state index < -0.39 is 0 Å². The van der Waals surface area contributed by atoms with Crippen molar-refractivity contribution in [1.29, 1.82) is 0 Å². The lowest BCUT2D eigenvalue weighted by Crippen LogP contribution is -2.45. The number of fused-ring (bicyclic) bond motifs is 1. The summed E-state index contributed by atoms with van der Waals surface area (Å²) in [7, 11) is 0. The SMILES string of the molecule is S=C(NCC1(c2ccc(Cl)cc2)CCOCC1)Nc1nc(Cl)cc(N2Cc3ccccc3C2)n1. The Kier molecular flexibility index (Phi) is 6.88. The number of anilines is 2. The number of aromatic nitrogens is 2. The van der Waals surface area contributed by atoms with Crippen molar-refractivity contribution in [1.82, 2.24) is 15.3 Å². The number of halogens is 2. The first-order chi connectivity index (χ1) is 16.5. The van der Waals surface area contributed by atoms with Gasteiger partial charge in [-0.15, -0.1) is 0 Å². The Morgan fingerprint density at radius 3 is 2.35 bits per heavy atom. The summed E-state index contributed by atoms with van der Waals surface area (Å²) in [6.07, 6.45) is 1.80. The third-order valence-corrected chi connectivity index (χ3v) is 7.26. The maximum atomic E-state index is 6.33. The summed E-state index contributed by atoms with van der Waals surface area (Å²) in [5, 5.41) is 8.05. The Labute approximate surface area is 214 Å². The van der Waals surface area contributed by atoms with Gasteiger partial charge in [0.05, 0.1) is 0 Å². The number of rotatable bonds is 5. The molecule has 5 rings (SSSR count). The molecule has 0 aliphatic carbocycles. The molecule has 3 aromatic rings. The van der Waals surface area contributed by atoms with Gasteiger partial charge in [0.25, 0.3) is 0 Å². The van der Waals surface area contributed by atoms with Gasteiger partial charge >= 0.3 is 0 Å². The van der Waals surface area contributed by atoms with Gasteiger partial charge < -0.3 is 20.3 Å². The molecule has 2 aliphatic rings. The van der Waals surface area contributed by atoms with E-state index in [1.54, 1.807) is 6.07 Å². The molecule has 176 valence electrons. The second-order valence-electron chi connectivity index (χ2n) is 8.70. The van der Waals surface area contributed by atoms with Crippen LogP contribution < -0.4 is 15.5 Å². The van der Waals surface area contributed by atoms with Gasteiger partial charge in [-0.25, -0.2) is 4.98 Å². The highest BCUT2D eigenvalue weighted by Crippen LogP contribution is 2.35. The van der Waals surface area contributed by atoms with E-state index in [1.807, 2.05) is 12.1 Å². The van der Waals surface area contributed by atoms with E-state index in [-0.39, 0.29) is 5.41 Å². The Balaban J connectivity index is 1.27. The quantitative estimate of drug-likeness (QED) is 0.352. The number of ether oxygens (including phenoxy) is 1. The number of nitrogens with one attached hydrogen (secondary N) is 2. The Bertz CT molecular complexity index is 1160. The fourth-order valence-electron chi connectivity index (χ4n) is 4.65. The maximum Gasteiger partial charge on any atom is 0.232 e. The van der Waals surface area contributed by atoms with Crippen LogP contribution in [0.25, 0.3) is 0 Å². The lowest BCUT2D eigenvalue weighted by Gasteiger charge is -2.38. The average molecular weight is 514 g/mol. The summed E-state index contributed by atoms with van der Waals surface area (Å²) < 4.78 is 5.63. The molecule has 0 spiro atoms. The van der Waals surface area contributed by atoms with Gasteiger partial charge in [-0.05, 0) is 53.9 Å². The molecule has 0 radical (unpaired) electrons. The number of thiocarbonyl (C=S) groups is 1. The van der Waals surface area contributed by atoms with E-state index in [4.69, 9.17) is 40.2 Å². The zero-order valence-electron chi connectivity index (χ0n) is 18.6. The minimum absolute atomic E-state index is 0.0870. The summed E-state index contributed by atoms with van der Waals surface area (Å²) in [5.41, 5.74) is 3.74. The standard InChI is InChI=1S/C25H25Cl2N5OS/c26-20-7-5-19(6-8-20)25(9-11-33-12-10-25)16-28-24(34)31-23-29-21(27)13-22(30-23)32-14-17-3-1-2-4-18(17)15-32/h1-8,13H,9-12,14-16H2,(H2,28,29,30,31,34). The molecule has 9 heteroatoms. The molecule has 3 heterocycles. The summed E-state index contributed by atoms with van der Waals surface area (Å²) in [5.74, 6) is 1.15. The zero-order chi connectivity index (χ0) is 23.5. The Morgan fingerprint density at radius 2 is 1.68 bits per heavy atom. The van der Waals surface area contributed by atoms with Crippen LogP contribution in [0.5, 0.6) is 0 Å². The van der Waals surface area contributed by atoms with Crippen LogP contribution >= 0.6 is 35.4 Å². The molecule has 1 aromatic heterocycles. The highest BCUT2D eigenvalue weighted by molar-refractivity contribution is 7.80. The van der Waals surface area contributed by atoms with Crippen molar-refractivity contribution in [2.24, 2.45) is 0 Å². The molecule has 0 unspecified atom stereocenters. The van der Waals surface area contributed by atoms with Crippen molar-refractivity contribution in [2.75, 3.05) is 30.0 Å². The van der Waals surface area contributed by atoms with Crippen LogP contribution in [-0.2, 0) is 23.2 Å². The normalized spacial score (nSPS) is 16.7. The summed E-state index contributed by atoms with van der Waals surface area (Å²) >= 11 is 18.0. The molecule has 0 bridgehead atoms. The van der Waals surface area contributed by atoms with Gasteiger partial charge in [0, 0.05) is 49.4 Å². The first-order valence-corrected chi connectivity index (χ1v) is 12.4. The van der Waals surface area contributed by atoms with Crippen molar-refractivity contribution in [3.8, 4) is 0 Å². The van der Waals surface area contributed by atoms with Crippen LogP contribution in [0.3, 0.4) is 0 Å². The van der Waals surface area contributed by atoms with Gasteiger partial charge in [-0.2, -0.15) is 4.98 Å². The molecule has 0 saturated carbocycles.